The Balaban J connectivity index is 2.28. The first-order chi connectivity index (χ1) is 7.20. The lowest BCUT2D eigenvalue weighted by atomic mass is 10.0. The first-order valence-corrected chi connectivity index (χ1v) is 5.08. The number of carbonyl (C=O) groups excluding carboxylic acids is 1. The van der Waals surface area contributed by atoms with E-state index in [9.17, 15) is 4.79 Å². The summed E-state index contributed by atoms with van der Waals surface area (Å²) in [4.78, 5) is 11.3. The van der Waals surface area contributed by atoms with Gasteiger partial charge in [0.1, 0.15) is 6.10 Å². The molecule has 80 valence electrons. The largest absolute Gasteiger partial charge is 0.493 e. The average molecular weight is 206 g/mol. The standard InChI is InChI=1S/C11H14N2O2/c1-3-10-9(7-13(2)12-10)11-6-8(14)4-5-15-11/h4-5,7,11H,3,6H2,1-2H3. The van der Waals surface area contributed by atoms with Crippen molar-refractivity contribution in [2.75, 3.05) is 0 Å². The van der Waals surface area contributed by atoms with E-state index in [4.69, 9.17) is 4.74 Å². The minimum Gasteiger partial charge on any atom is -0.493 e. The summed E-state index contributed by atoms with van der Waals surface area (Å²) in [6, 6.07) is 0. The lowest BCUT2D eigenvalue weighted by molar-refractivity contribution is -0.118. The molecule has 0 N–H and O–H groups in total. The molecule has 0 saturated carbocycles. The molecule has 4 nitrogen and oxygen atoms in total. The zero-order valence-electron chi connectivity index (χ0n) is 8.93. The van der Waals surface area contributed by atoms with Gasteiger partial charge in [-0.1, -0.05) is 6.92 Å². The molecule has 0 amide bonds. The molecule has 2 rings (SSSR count). The number of aromatic nitrogens is 2. The Morgan fingerprint density at radius 2 is 2.47 bits per heavy atom. The molecule has 0 bridgehead atoms. The number of carbonyl (C=O) groups is 1. The molecule has 1 unspecified atom stereocenters. The Hall–Kier alpha value is -1.58. The van der Waals surface area contributed by atoms with Crippen molar-refractivity contribution in [2.24, 2.45) is 7.05 Å². The quantitative estimate of drug-likeness (QED) is 0.737. The van der Waals surface area contributed by atoms with Gasteiger partial charge in [0.25, 0.3) is 0 Å². The summed E-state index contributed by atoms with van der Waals surface area (Å²) >= 11 is 0. The van der Waals surface area contributed by atoms with Crippen LogP contribution in [-0.2, 0) is 23.0 Å². The Bertz CT molecular complexity index is 407. The fourth-order valence-corrected chi connectivity index (χ4v) is 1.79. The predicted octanol–water partition coefficient (Wildman–Crippen LogP) is 1.53. The summed E-state index contributed by atoms with van der Waals surface area (Å²) in [6.45, 7) is 2.05. The minimum atomic E-state index is -0.161. The molecule has 0 fully saturated rings. The fraction of sp³-hybridized carbons (Fsp3) is 0.455. The van der Waals surface area contributed by atoms with Gasteiger partial charge in [0.05, 0.1) is 18.4 Å². The van der Waals surface area contributed by atoms with E-state index in [0.29, 0.717) is 6.42 Å². The van der Waals surface area contributed by atoms with Crippen molar-refractivity contribution in [1.29, 1.82) is 0 Å². The van der Waals surface area contributed by atoms with Crippen molar-refractivity contribution >= 4 is 5.78 Å². The summed E-state index contributed by atoms with van der Waals surface area (Å²) in [7, 11) is 1.88. The smallest absolute Gasteiger partial charge is 0.162 e. The highest BCUT2D eigenvalue weighted by molar-refractivity contribution is 5.90. The van der Waals surface area contributed by atoms with E-state index in [2.05, 4.69) is 5.10 Å². The molecular weight excluding hydrogens is 192 g/mol. The van der Waals surface area contributed by atoms with Crippen LogP contribution in [0.25, 0.3) is 0 Å². The van der Waals surface area contributed by atoms with Crippen LogP contribution in [0.3, 0.4) is 0 Å². The molecule has 0 radical (unpaired) electrons. The van der Waals surface area contributed by atoms with E-state index in [0.717, 1.165) is 17.7 Å². The van der Waals surface area contributed by atoms with Gasteiger partial charge in [0, 0.05) is 24.9 Å². The van der Waals surface area contributed by atoms with Crippen LogP contribution < -0.4 is 0 Å². The van der Waals surface area contributed by atoms with Crippen LogP contribution in [0.15, 0.2) is 18.5 Å². The second-order valence-corrected chi connectivity index (χ2v) is 3.66. The van der Waals surface area contributed by atoms with Crippen molar-refractivity contribution < 1.29 is 9.53 Å². The van der Waals surface area contributed by atoms with Crippen molar-refractivity contribution in [3.05, 3.63) is 29.8 Å². The van der Waals surface area contributed by atoms with Crippen LogP contribution in [0.5, 0.6) is 0 Å². The van der Waals surface area contributed by atoms with Crippen LogP contribution in [0, 0.1) is 0 Å². The lowest BCUT2D eigenvalue weighted by Crippen LogP contribution is -2.12. The van der Waals surface area contributed by atoms with Crippen LogP contribution in [-0.4, -0.2) is 15.6 Å². The Kier molecular flexibility index (Phi) is 2.58. The molecule has 0 spiro atoms. The van der Waals surface area contributed by atoms with E-state index in [-0.39, 0.29) is 11.9 Å². The van der Waals surface area contributed by atoms with Crippen molar-refractivity contribution in [3.8, 4) is 0 Å². The predicted molar refractivity (Wildman–Crippen MR) is 55.2 cm³/mol. The van der Waals surface area contributed by atoms with E-state index in [1.165, 1.54) is 12.3 Å². The maximum absolute atomic E-state index is 11.3. The number of aryl methyl sites for hydroxylation is 2. The van der Waals surface area contributed by atoms with Crippen molar-refractivity contribution in [1.82, 2.24) is 9.78 Å². The normalized spacial score (nSPS) is 20.4. The van der Waals surface area contributed by atoms with E-state index in [1.54, 1.807) is 4.68 Å². The minimum absolute atomic E-state index is 0.108. The van der Waals surface area contributed by atoms with E-state index < -0.39 is 0 Å². The highest BCUT2D eigenvalue weighted by atomic mass is 16.5. The maximum atomic E-state index is 11.3. The SMILES string of the molecule is CCc1nn(C)cc1C1CC(=O)C=CO1. The molecule has 15 heavy (non-hydrogen) atoms. The molecule has 0 aliphatic carbocycles. The molecule has 1 aliphatic heterocycles. The summed E-state index contributed by atoms with van der Waals surface area (Å²) in [5.41, 5.74) is 2.03. The molecule has 1 aliphatic rings. The van der Waals surface area contributed by atoms with Gasteiger partial charge in [0.2, 0.25) is 0 Å². The number of ether oxygens (including phenoxy) is 1. The van der Waals surface area contributed by atoms with E-state index >= 15 is 0 Å². The highest BCUT2D eigenvalue weighted by Crippen LogP contribution is 2.27. The van der Waals surface area contributed by atoms with Gasteiger partial charge >= 0.3 is 0 Å². The Morgan fingerprint density at radius 3 is 3.13 bits per heavy atom. The van der Waals surface area contributed by atoms with Gasteiger partial charge < -0.3 is 4.74 Å². The first kappa shape index (κ1) is 9.96. The number of hydrogen-bond acceptors (Lipinski definition) is 3. The van der Waals surface area contributed by atoms with Crippen LogP contribution in [0.4, 0.5) is 0 Å². The van der Waals surface area contributed by atoms with Crippen molar-refractivity contribution in [3.63, 3.8) is 0 Å². The zero-order valence-corrected chi connectivity index (χ0v) is 8.93. The number of allylic oxidation sites excluding steroid dienone is 1. The monoisotopic (exact) mass is 206 g/mol. The zero-order chi connectivity index (χ0) is 10.8. The number of ketones is 1. The summed E-state index contributed by atoms with van der Waals surface area (Å²) in [5.74, 6) is 0.108. The van der Waals surface area contributed by atoms with Gasteiger partial charge in [0.15, 0.2) is 5.78 Å². The van der Waals surface area contributed by atoms with Gasteiger partial charge in [-0.05, 0) is 6.42 Å². The summed E-state index contributed by atoms with van der Waals surface area (Å²) < 4.78 is 7.20. The third-order valence-corrected chi connectivity index (χ3v) is 2.50. The Labute approximate surface area is 88.5 Å². The second kappa shape index (κ2) is 3.88. The number of nitrogens with zero attached hydrogens (tertiary/aromatic N) is 2. The Morgan fingerprint density at radius 1 is 1.67 bits per heavy atom. The summed E-state index contributed by atoms with van der Waals surface area (Å²) in [5, 5.41) is 4.33. The van der Waals surface area contributed by atoms with Gasteiger partial charge in [-0.2, -0.15) is 5.10 Å². The van der Waals surface area contributed by atoms with Crippen LogP contribution in [0.2, 0.25) is 0 Å². The van der Waals surface area contributed by atoms with Crippen LogP contribution >= 0.6 is 0 Å². The molecule has 0 aromatic carbocycles. The molecule has 1 aromatic rings. The summed E-state index contributed by atoms with van der Waals surface area (Å²) in [6.07, 6.45) is 5.98. The van der Waals surface area contributed by atoms with Gasteiger partial charge in [-0.15, -0.1) is 0 Å². The van der Waals surface area contributed by atoms with Crippen molar-refractivity contribution in [2.45, 2.75) is 25.9 Å². The molecule has 1 atom stereocenters. The van der Waals surface area contributed by atoms with Gasteiger partial charge in [-0.25, -0.2) is 0 Å². The number of hydrogen-bond donors (Lipinski definition) is 0. The fourth-order valence-electron chi connectivity index (χ4n) is 1.79. The van der Waals surface area contributed by atoms with Crippen LogP contribution in [0.1, 0.15) is 30.7 Å². The molecule has 1 aromatic heterocycles. The molecule has 4 heteroatoms. The molecule has 2 heterocycles. The van der Waals surface area contributed by atoms with E-state index in [1.807, 2.05) is 20.2 Å². The maximum Gasteiger partial charge on any atom is 0.162 e. The topological polar surface area (TPSA) is 44.1 Å². The molecule has 0 saturated heterocycles. The average Bonchev–Trinajstić information content (AvgIpc) is 2.59. The third kappa shape index (κ3) is 1.93. The van der Waals surface area contributed by atoms with Gasteiger partial charge in [-0.3, -0.25) is 9.48 Å². The third-order valence-electron chi connectivity index (χ3n) is 2.50. The first-order valence-electron chi connectivity index (χ1n) is 5.08. The highest BCUT2D eigenvalue weighted by Gasteiger charge is 2.23. The lowest BCUT2D eigenvalue weighted by Gasteiger charge is -2.18. The second-order valence-electron chi connectivity index (χ2n) is 3.66. The molecular formula is C11H14N2O2. The number of rotatable bonds is 2.